The maximum Gasteiger partial charge on any atom is 0.405 e. The second-order valence-corrected chi connectivity index (χ2v) is 17.5. The van der Waals surface area contributed by atoms with Gasteiger partial charge in [-0.2, -0.15) is 13.2 Å². The van der Waals surface area contributed by atoms with Gasteiger partial charge in [0.15, 0.2) is 5.41 Å². The van der Waals surface area contributed by atoms with Crippen LogP contribution in [0.1, 0.15) is 107 Å². The molecule has 0 aromatic heterocycles. The first-order valence-electron chi connectivity index (χ1n) is 17.6. The predicted molar refractivity (Wildman–Crippen MR) is 162 cm³/mol. The molecule has 2 aliphatic heterocycles. The molecular formula is C36H53F3O7. The molecule has 0 amide bonds. The fourth-order valence-corrected chi connectivity index (χ4v) is 10.6. The molecule has 10 heteroatoms. The molecule has 6 rings (SSSR count). The molecule has 6 fully saturated rings. The van der Waals surface area contributed by atoms with Gasteiger partial charge < -0.3 is 18.9 Å². The standard InChI is InChI=1S/C36H53F3O7/c1-9-34(7,8)25-15-22-19-11-23(24(12-19)31(41)46-33(4,5)6)29(22)43-26(25)16-35(17(2)3,36(37,38)39)32(42)45-28-20-10-18-14-27(40)44-30(28)21(18)13-20/h17-26,28-30H,9-16H2,1-8H3. The minimum atomic E-state index is -4.91. The number of ether oxygens (including phenoxy) is 4. The molecule has 46 heavy (non-hydrogen) atoms. The van der Waals surface area contributed by atoms with Crippen LogP contribution in [0.2, 0.25) is 0 Å². The van der Waals surface area contributed by atoms with E-state index in [1.54, 1.807) is 0 Å². The molecule has 2 heterocycles. The van der Waals surface area contributed by atoms with Crippen LogP contribution < -0.4 is 0 Å². The van der Waals surface area contributed by atoms with E-state index in [1.807, 2.05) is 27.7 Å². The number of halogens is 3. The molecule has 7 nitrogen and oxygen atoms in total. The van der Waals surface area contributed by atoms with Gasteiger partial charge in [-0.25, -0.2) is 0 Å². The van der Waals surface area contributed by atoms with Crippen LogP contribution >= 0.6 is 0 Å². The lowest BCUT2D eigenvalue weighted by Gasteiger charge is -2.52. The second kappa shape index (κ2) is 11.4. The van der Waals surface area contributed by atoms with E-state index in [4.69, 9.17) is 18.9 Å². The Morgan fingerprint density at radius 2 is 1.54 bits per heavy atom. The zero-order valence-electron chi connectivity index (χ0n) is 28.7. The molecule has 0 aromatic rings. The van der Waals surface area contributed by atoms with Gasteiger partial charge >= 0.3 is 24.1 Å². The van der Waals surface area contributed by atoms with Gasteiger partial charge in [-0.3, -0.25) is 14.4 Å². The lowest BCUT2D eigenvalue weighted by atomic mass is 9.61. The molecule has 4 bridgehead atoms. The summed E-state index contributed by atoms with van der Waals surface area (Å²) in [6.45, 7) is 14.6. The monoisotopic (exact) mass is 654 g/mol. The van der Waals surface area contributed by atoms with E-state index >= 15 is 13.2 Å². The van der Waals surface area contributed by atoms with Gasteiger partial charge in [-0.05, 0) is 100 Å². The Morgan fingerprint density at radius 3 is 2.15 bits per heavy atom. The number of alkyl halides is 3. The fourth-order valence-electron chi connectivity index (χ4n) is 10.6. The number of carbonyl (C=O) groups is 3. The molecule has 13 atom stereocenters. The highest BCUT2D eigenvalue weighted by Gasteiger charge is 2.68. The van der Waals surface area contributed by atoms with Crippen LogP contribution in [0.15, 0.2) is 0 Å². The van der Waals surface area contributed by atoms with Crippen LogP contribution in [-0.2, 0) is 33.3 Å². The number of fused-ring (bicyclic) bond motifs is 6. The Kier molecular flexibility index (Phi) is 8.41. The molecular weight excluding hydrogens is 601 g/mol. The van der Waals surface area contributed by atoms with Gasteiger partial charge in [0, 0.05) is 18.3 Å². The molecule has 13 unspecified atom stereocenters. The Balaban J connectivity index is 1.29. The summed E-state index contributed by atoms with van der Waals surface area (Å²) in [4.78, 5) is 39.6. The minimum absolute atomic E-state index is 0.0314. The second-order valence-electron chi connectivity index (χ2n) is 17.5. The smallest absolute Gasteiger partial charge is 0.405 e. The van der Waals surface area contributed by atoms with Crippen LogP contribution in [0, 0.1) is 64.1 Å². The summed E-state index contributed by atoms with van der Waals surface area (Å²) in [5, 5.41) is 0. The van der Waals surface area contributed by atoms with Crippen LogP contribution in [0.3, 0.4) is 0 Å². The van der Waals surface area contributed by atoms with Crippen molar-refractivity contribution >= 4 is 17.9 Å². The Labute approximate surface area is 271 Å². The normalized spacial score (nSPS) is 41.3. The molecule has 2 saturated heterocycles. The van der Waals surface area contributed by atoms with E-state index in [9.17, 15) is 14.4 Å². The highest BCUT2D eigenvalue weighted by molar-refractivity contribution is 5.79. The average molecular weight is 655 g/mol. The molecule has 0 radical (unpaired) electrons. The van der Waals surface area contributed by atoms with Gasteiger partial charge in [0.25, 0.3) is 0 Å². The van der Waals surface area contributed by atoms with Crippen molar-refractivity contribution in [3.63, 3.8) is 0 Å². The van der Waals surface area contributed by atoms with E-state index in [0.717, 1.165) is 19.3 Å². The minimum Gasteiger partial charge on any atom is -0.460 e. The Hall–Kier alpha value is -1.84. The zero-order chi connectivity index (χ0) is 33.7. The third kappa shape index (κ3) is 5.48. The zero-order valence-corrected chi connectivity index (χ0v) is 28.7. The van der Waals surface area contributed by atoms with Crippen molar-refractivity contribution in [3.8, 4) is 0 Å². The van der Waals surface area contributed by atoms with Crippen molar-refractivity contribution in [2.24, 2.45) is 64.1 Å². The van der Waals surface area contributed by atoms with Gasteiger partial charge in [-0.1, -0.05) is 41.0 Å². The van der Waals surface area contributed by atoms with Gasteiger partial charge in [-0.15, -0.1) is 0 Å². The van der Waals surface area contributed by atoms with E-state index in [0.29, 0.717) is 25.7 Å². The van der Waals surface area contributed by atoms with E-state index in [2.05, 4.69) is 13.8 Å². The van der Waals surface area contributed by atoms with Gasteiger partial charge in [0.1, 0.15) is 17.8 Å². The molecule has 0 N–H and O–H groups in total. The predicted octanol–water partition coefficient (Wildman–Crippen LogP) is 7.29. The van der Waals surface area contributed by atoms with Crippen LogP contribution in [0.25, 0.3) is 0 Å². The molecule has 260 valence electrons. The third-order valence-electron chi connectivity index (χ3n) is 13.3. The summed E-state index contributed by atoms with van der Waals surface area (Å²) >= 11 is 0. The SMILES string of the molecule is CCC(C)(C)C1CC2C3CC(C(=O)OC(C)(C)C)C(C3)C2OC1CC(C(=O)OC1C2CC3CC(=O)OC1C3C2)(C(C)C)C(F)(F)F. The van der Waals surface area contributed by atoms with E-state index < -0.39 is 53.8 Å². The van der Waals surface area contributed by atoms with Crippen molar-refractivity contribution in [2.45, 2.75) is 143 Å². The Morgan fingerprint density at radius 1 is 0.891 bits per heavy atom. The summed E-state index contributed by atoms with van der Waals surface area (Å²) in [5.74, 6) is -3.23. The topological polar surface area (TPSA) is 88.1 Å². The number of hydrogen-bond donors (Lipinski definition) is 0. The van der Waals surface area contributed by atoms with E-state index in [1.165, 1.54) is 13.8 Å². The molecule has 6 aliphatic rings. The van der Waals surface area contributed by atoms with Crippen molar-refractivity contribution in [3.05, 3.63) is 0 Å². The summed E-state index contributed by atoms with van der Waals surface area (Å²) in [6.07, 6.45) is -3.56. The first-order valence-corrected chi connectivity index (χ1v) is 17.6. The summed E-state index contributed by atoms with van der Waals surface area (Å²) in [6, 6.07) is 0. The van der Waals surface area contributed by atoms with Gasteiger partial charge in [0.2, 0.25) is 0 Å². The maximum absolute atomic E-state index is 15.6. The van der Waals surface area contributed by atoms with Crippen molar-refractivity contribution < 1.29 is 46.5 Å². The molecule has 4 aliphatic carbocycles. The first-order chi connectivity index (χ1) is 21.3. The van der Waals surface area contributed by atoms with Crippen molar-refractivity contribution in [1.29, 1.82) is 0 Å². The van der Waals surface area contributed by atoms with Gasteiger partial charge in [0.05, 0.1) is 18.1 Å². The quantitative estimate of drug-likeness (QED) is 0.201. The first kappa shape index (κ1) is 34.0. The molecule has 4 saturated carbocycles. The molecule has 0 spiro atoms. The maximum atomic E-state index is 15.6. The highest BCUT2D eigenvalue weighted by Crippen LogP contribution is 2.62. The van der Waals surface area contributed by atoms with E-state index in [-0.39, 0.29) is 70.8 Å². The number of esters is 3. The Bertz CT molecular complexity index is 1220. The summed E-state index contributed by atoms with van der Waals surface area (Å²) in [7, 11) is 0. The molecule has 0 aromatic carbocycles. The number of carbonyl (C=O) groups excluding carboxylic acids is 3. The summed E-state index contributed by atoms with van der Waals surface area (Å²) < 4.78 is 70.7. The van der Waals surface area contributed by atoms with Crippen LogP contribution in [0.4, 0.5) is 13.2 Å². The summed E-state index contributed by atoms with van der Waals surface area (Å²) in [5.41, 5.74) is -3.78. The largest absolute Gasteiger partial charge is 0.460 e. The average Bonchev–Trinajstić information content (AvgIpc) is 3.70. The lowest BCUT2D eigenvalue weighted by Crippen LogP contribution is -2.58. The van der Waals surface area contributed by atoms with Crippen LogP contribution in [-0.4, -0.2) is 54.1 Å². The fraction of sp³-hybridized carbons (Fsp3) is 0.917. The highest BCUT2D eigenvalue weighted by atomic mass is 19.4. The third-order valence-corrected chi connectivity index (χ3v) is 13.3. The number of rotatable bonds is 8. The van der Waals surface area contributed by atoms with Crippen molar-refractivity contribution in [1.82, 2.24) is 0 Å². The lowest BCUT2D eigenvalue weighted by molar-refractivity contribution is -0.271. The van der Waals surface area contributed by atoms with Crippen LogP contribution in [0.5, 0.6) is 0 Å². The van der Waals surface area contributed by atoms with Crippen molar-refractivity contribution in [2.75, 3.05) is 0 Å². The number of hydrogen-bond acceptors (Lipinski definition) is 7.